The smallest absolute Gasteiger partial charge is 0.174 e. The lowest BCUT2D eigenvalue weighted by molar-refractivity contribution is -0.0444. The first-order chi connectivity index (χ1) is 25.3. The Morgan fingerprint density at radius 2 is 1.08 bits per heavy atom. The van der Waals surface area contributed by atoms with E-state index in [1.807, 2.05) is 28.4 Å². The highest BCUT2D eigenvalue weighted by Crippen LogP contribution is 2.63. The molecule has 0 aromatic heterocycles. The number of methoxy groups -OCH3 is 4. The summed E-state index contributed by atoms with van der Waals surface area (Å²) in [6.07, 6.45) is 16.6. The summed E-state index contributed by atoms with van der Waals surface area (Å²) in [5, 5.41) is 1.51. The number of ether oxygens (including phenoxy) is 4. The maximum Gasteiger partial charge on any atom is 0.174 e. The topological polar surface area (TPSA) is 36.9 Å². The molecule has 8 unspecified atom stereocenters. The third-order valence-electron chi connectivity index (χ3n) is 15.9. The first-order valence-electron chi connectivity index (χ1n) is 20.9. The van der Waals surface area contributed by atoms with Gasteiger partial charge in [0.15, 0.2) is 6.71 Å². The normalized spacial score (nSPS) is 35.0. The van der Waals surface area contributed by atoms with Crippen LogP contribution in [0.25, 0.3) is 0 Å². The number of fused-ring (bicyclic) bond motifs is 10. The minimum atomic E-state index is -1.42. The summed E-state index contributed by atoms with van der Waals surface area (Å²) in [5.41, 5.74) is 8.62. The van der Waals surface area contributed by atoms with Gasteiger partial charge in [-0.2, -0.15) is 0 Å². The molecule has 8 rings (SSSR count). The predicted molar refractivity (Wildman–Crippen MR) is 245 cm³/mol. The van der Waals surface area contributed by atoms with E-state index in [1.165, 1.54) is 87.7 Å². The van der Waals surface area contributed by atoms with E-state index < -0.39 is 8.07 Å². The number of benzene rings is 2. The third kappa shape index (κ3) is 7.59. The van der Waals surface area contributed by atoms with Crippen LogP contribution in [0.1, 0.15) is 112 Å². The monoisotopic (exact) mass is 966 g/mol. The molecule has 10 atom stereocenters. The largest absolute Gasteiger partial charge is 0.497 e. The molecule has 294 valence electrons. The SMILES string of the molecule is COc1cc2c(cc1B(C)C)C1CC[C@]3(C)C(OC)CCC3C1CC2.COc1cc2c(cc1[Si](C)(C)C)C1CC[C@]3(C)C(OC)CCC3C1CC2.II. The highest BCUT2D eigenvalue weighted by atomic mass is 128. The maximum absolute atomic E-state index is 5.92. The Morgan fingerprint density at radius 1 is 0.623 bits per heavy atom. The van der Waals surface area contributed by atoms with Crippen molar-refractivity contribution in [2.45, 2.75) is 148 Å². The van der Waals surface area contributed by atoms with Crippen LogP contribution in [0.5, 0.6) is 11.5 Å². The van der Waals surface area contributed by atoms with E-state index in [1.54, 1.807) is 22.3 Å². The number of halogens is 2. The van der Waals surface area contributed by atoms with Gasteiger partial charge in [-0.25, -0.2) is 0 Å². The van der Waals surface area contributed by atoms with Gasteiger partial charge in [0.2, 0.25) is 0 Å². The standard InChI is InChI=1S/C23H36O2Si.C22H33BO2.I2/c1-23-12-11-16-17(19(23)9-10-22(23)25-3)8-7-15-13-20(24-2)21(14-18(15)16)26(4,5)6;1-22-11-10-15-16(18(22)8-9-21(22)25-5)7-6-14-12-20(24-4)19(23(2)3)13-17(14)15;1-2/h13-14,16-17,19,22H,7-12H2,1-6H3;12-13,15-16,18,21H,6-11H2,1-5H3;/t16?,17?,19?,22?,23-;15?,16?,18?,21?,22-;/m00./s1. The van der Waals surface area contributed by atoms with Gasteiger partial charge in [-0.3, -0.25) is 0 Å². The lowest BCUT2D eigenvalue weighted by atomic mass is 9.48. The van der Waals surface area contributed by atoms with Crippen LogP contribution in [0.2, 0.25) is 33.3 Å². The van der Waals surface area contributed by atoms with Crippen molar-refractivity contribution in [3.63, 3.8) is 0 Å². The van der Waals surface area contributed by atoms with Gasteiger partial charge in [0, 0.05) is 51.5 Å². The summed E-state index contributed by atoms with van der Waals surface area (Å²) < 4.78 is 23.3. The van der Waals surface area contributed by atoms with Gasteiger partial charge in [-0.05, 0) is 168 Å². The summed E-state index contributed by atoms with van der Waals surface area (Å²) in [5.74, 6) is 7.12. The Hall–Kier alpha value is -0.298. The van der Waals surface area contributed by atoms with Gasteiger partial charge in [0.25, 0.3) is 0 Å². The number of rotatable bonds is 6. The molecule has 6 aliphatic carbocycles. The molecule has 4 saturated carbocycles. The Labute approximate surface area is 348 Å². The van der Waals surface area contributed by atoms with Crippen molar-refractivity contribution in [2.24, 2.45) is 34.5 Å². The second-order valence-corrected chi connectivity index (χ2v) is 24.5. The maximum atomic E-state index is 5.92. The first-order valence-corrected chi connectivity index (χ1v) is 30.7. The Balaban J connectivity index is 0.000000173. The van der Waals surface area contributed by atoms with Crippen LogP contribution in [-0.4, -0.2) is 55.4 Å². The minimum absolute atomic E-state index is 0.404. The van der Waals surface area contributed by atoms with Crippen molar-refractivity contribution in [3.8, 4) is 11.5 Å². The number of hydrogen-bond acceptors (Lipinski definition) is 4. The van der Waals surface area contributed by atoms with E-state index in [9.17, 15) is 0 Å². The molecule has 4 nitrogen and oxygen atoms in total. The highest BCUT2D eigenvalue weighted by molar-refractivity contribution is 15.0. The molecule has 0 heterocycles. The van der Waals surface area contributed by atoms with Crippen molar-refractivity contribution in [2.75, 3.05) is 28.4 Å². The molecule has 2 aromatic carbocycles. The second-order valence-electron chi connectivity index (χ2n) is 19.5. The summed E-state index contributed by atoms with van der Waals surface area (Å²) >= 11 is 4.24. The van der Waals surface area contributed by atoms with Gasteiger partial charge in [0.1, 0.15) is 11.5 Å². The molecule has 4 fully saturated rings. The summed E-state index contributed by atoms with van der Waals surface area (Å²) in [6.45, 7) is 17.4. The summed E-state index contributed by atoms with van der Waals surface area (Å²) in [4.78, 5) is 0. The van der Waals surface area contributed by atoms with Gasteiger partial charge in [-0.1, -0.05) is 59.3 Å². The lowest BCUT2D eigenvalue weighted by Gasteiger charge is -2.50. The minimum Gasteiger partial charge on any atom is -0.497 e. The van der Waals surface area contributed by atoms with Crippen molar-refractivity contribution in [3.05, 3.63) is 46.5 Å². The van der Waals surface area contributed by atoms with Crippen LogP contribution in [0.3, 0.4) is 0 Å². The van der Waals surface area contributed by atoms with E-state index in [2.05, 4.69) is 109 Å². The lowest BCUT2D eigenvalue weighted by Crippen LogP contribution is -2.45. The van der Waals surface area contributed by atoms with Crippen LogP contribution in [0.15, 0.2) is 24.3 Å². The van der Waals surface area contributed by atoms with Gasteiger partial charge >= 0.3 is 0 Å². The van der Waals surface area contributed by atoms with Crippen LogP contribution in [0, 0.1) is 34.5 Å². The van der Waals surface area contributed by atoms with Gasteiger partial charge in [-0.15, -0.1) is 0 Å². The van der Waals surface area contributed by atoms with E-state index in [-0.39, 0.29) is 0 Å². The molecule has 0 amide bonds. The van der Waals surface area contributed by atoms with E-state index in [0.717, 1.165) is 47.0 Å². The molecular formula is C45H69BI2O4Si. The Kier molecular flexibility index (Phi) is 13.5. The molecule has 2 aromatic rings. The summed E-state index contributed by atoms with van der Waals surface area (Å²) in [7, 11) is 6.08. The predicted octanol–water partition coefficient (Wildman–Crippen LogP) is 11.4. The molecular weight excluding hydrogens is 897 g/mol. The van der Waals surface area contributed by atoms with Crippen LogP contribution in [0.4, 0.5) is 0 Å². The van der Waals surface area contributed by atoms with Gasteiger partial charge < -0.3 is 18.9 Å². The Bertz CT molecular complexity index is 1600. The van der Waals surface area contributed by atoms with Crippen LogP contribution < -0.4 is 20.1 Å². The molecule has 0 bridgehead atoms. The van der Waals surface area contributed by atoms with E-state index in [0.29, 0.717) is 29.8 Å². The fourth-order valence-corrected chi connectivity index (χ4v) is 14.8. The number of hydrogen-bond donors (Lipinski definition) is 0. The van der Waals surface area contributed by atoms with Crippen molar-refractivity contribution in [1.29, 1.82) is 0 Å². The van der Waals surface area contributed by atoms with Crippen molar-refractivity contribution >= 4 is 62.7 Å². The molecule has 0 spiro atoms. The molecule has 0 radical (unpaired) electrons. The quantitative estimate of drug-likeness (QED) is 0.214. The molecule has 53 heavy (non-hydrogen) atoms. The Morgan fingerprint density at radius 3 is 1.49 bits per heavy atom. The second kappa shape index (κ2) is 16.9. The summed E-state index contributed by atoms with van der Waals surface area (Å²) in [6, 6.07) is 9.81. The molecule has 0 aliphatic heterocycles. The zero-order valence-corrected chi connectivity index (χ0v) is 40.2. The molecule has 8 heteroatoms. The fourth-order valence-electron chi connectivity index (χ4n) is 13.3. The van der Waals surface area contributed by atoms with Crippen molar-refractivity contribution in [1.82, 2.24) is 0 Å². The van der Waals surface area contributed by atoms with E-state index in [4.69, 9.17) is 18.9 Å². The molecule has 0 saturated heterocycles. The average molecular weight is 967 g/mol. The first kappa shape index (κ1) is 42.3. The highest BCUT2D eigenvalue weighted by Gasteiger charge is 2.56. The van der Waals surface area contributed by atoms with Crippen LogP contribution >= 0.6 is 37.2 Å². The van der Waals surface area contributed by atoms with E-state index >= 15 is 0 Å². The number of aryl methyl sites for hydroxylation is 2. The zero-order valence-electron chi connectivity index (χ0n) is 34.9. The van der Waals surface area contributed by atoms with Crippen LogP contribution in [-0.2, 0) is 22.3 Å². The third-order valence-corrected chi connectivity index (χ3v) is 18.0. The fraction of sp³-hybridized carbons (Fsp3) is 0.733. The average Bonchev–Trinajstić information content (AvgIpc) is 3.69. The molecule has 6 aliphatic rings. The van der Waals surface area contributed by atoms with Crippen molar-refractivity contribution < 1.29 is 18.9 Å². The van der Waals surface area contributed by atoms with Gasteiger partial charge in [0.05, 0.1) is 34.5 Å². The zero-order chi connectivity index (χ0) is 38.5. The molecule has 0 N–H and O–H groups in total.